The monoisotopic (exact) mass is 560 g/mol. The van der Waals surface area contributed by atoms with Gasteiger partial charge in [0.15, 0.2) is 0 Å². The van der Waals surface area contributed by atoms with Crippen LogP contribution in [0.5, 0.6) is 11.5 Å². The van der Waals surface area contributed by atoms with E-state index in [9.17, 15) is 9.59 Å². The minimum absolute atomic E-state index is 0.209. The summed E-state index contributed by atoms with van der Waals surface area (Å²) in [6.45, 7) is 0. The molecule has 2 amide bonds. The van der Waals surface area contributed by atoms with Crippen molar-refractivity contribution < 1.29 is 14.3 Å². The van der Waals surface area contributed by atoms with Gasteiger partial charge in [-0.15, -0.1) is 0 Å². The third-order valence-electron chi connectivity index (χ3n) is 6.99. The highest BCUT2D eigenvalue weighted by molar-refractivity contribution is 6.07. The number of hydrogen-bond donors (Lipinski definition) is 2. The Bertz CT molecular complexity index is 1710. The van der Waals surface area contributed by atoms with Crippen LogP contribution in [0.4, 0.5) is 11.4 Å². The molecule has 0 heterocycles. The summed E-state index contributed by atoms with van der Waals surface area (Å²) in [5.74, 6) is 0.740. The van der Waals surface area contributed by atoms with Gasteiger partial charge in [0, 0.05) is 33.6 Å². The molecule has 6 aromatic rings. The van der Waals surface area contributed by atoms with Crippen LogP contribution < -0.4 is 15.4 Å². The van der Waals surface area contributed by atoms with E-state index in [0.717, 1.165) is 33.6 Å². The maximum Gasteiger partial charge on any atom is 0.255 e. The number of rotatable bonds is 8. The third-order valence-corrected chi connectivity index (χ3v) is 6.99. The minimum Gasteiger partial charge on any atom is -0.457 e. The van der Waals surface area contributed by atoms with Gasteiger partial charge < -0.3 is 15.4 Å². The van der Waals surface area contributed by atoms with Crippen LogP contribution in [0.1, 0.15) is 20.7 Å². The summed E-state index contributed by atoms with van der Waals surface area (Å²) in [4.78, 5) is 26.0. The molecule has 0 unspecified atom stereocenters. The Kier molecular flexibility index (Phi) is 8.05. The standard InChI is InChI=1S/C38H28N2O3/c41-37(39-35-17-9-7-15-33(35)27-11-3-1-4-12-27)29-19-23-31(24-20-29)43-32-25-21-30(22-26-32)38(42)40-36-18-10-8-16-34(36)28-13-5-2-6-14-28/h1-26H,(H,39,41)(H,40,42). The highest BCUT2D eigenvalue weighted by atomic mass is 16.5. The lowest BCUT2D eigenvalue weighted by Crippen LogP contribution is -2.12. The molecule has 0 bridgehead atoms. The van der Waals surface area contributed by atoms with Crippen LogP contribution in [0.2, 0.25) is 0 Å². The summed E-state index contributed by atoms with van der Waals surface area (Å²) in [5.41, 5.74) is 6.47. The van der Waals surface area contributed by atoms with E-state index >= 15 is 0 Å². The number of para-hydroxylation sites is 2. The van der Waals surface area contributed by atoms with Gasteiger partial charge in [0.25, 0.3) is 11.8 Å². The van der Waals surface area contributed by atoms with Gasteiger partial charge in [-0.25, -0.2) is 0 Å². The normalized spacial score (nSPS) is 10.5. The van der Waals surface area contributed by atoms with Crippen molar-refractivity contribution in [3.63, 3.8) is 0 Å². The first-order valence-electron chi connectivity index (χ1n) is 13.9. The molecule has 0 aliphatic heterocycles. The van der Waals surface area contributed by atoms with Crippen molar-refractivity contribution in [2.75, 3.05) is 10.6 Å². The quantitative estimate of drug-likeness (QED) is 0.195. The topological polar surface area (TPSA) is 67.4 Å². The highest BCUT2D eigenvalue weighted by Gasteiger charge is 2.12. The molecule has 0 saturated heterocycles. The summed E-state index contributed by atoms with van der Waals surface area (Å²) >= 11 is 0. The minimum atomic E-state index is -0.209. The smallest absolute Gasteiger partial charge is 0.255 e. The van der Waals surface area contributed by atoms with Crippen LogP contribution in [0.15, 0.2) is 158 Å². The zero-order valence-corrected chi connectivity index (χ0v) is 23.2. The van der Waals surface area contributed by atoms with E-state index in [-0.39, 0.29) is 11.8 Å². The molecule has 2 N–H and O–H groups in total. The number of amides is 2. The van der Waals surface area contributed by atoms with Gasteiger partial charge in [0.2, 0.25) is 0 Å². The average Bonchev–Trinajstić information content (AvgIpc) is 3.07. The summed E-state index contributed by atoms with van der Waals surface area (Å²) in [6.07, 6.45) is 0. The number of nitrogens with one attached hydrogen (secondary N) is 2. The number of anilines is 2. The zero-order chi connectivity index (χ0) is 29.4. The summed E-state index contributed by atoms with van der Waals surface area (Å²) in [5, 5.41) is 6.05. The fraction of sp³-hybridized carbons (Fsp3) is 0. The molecular weight excluding hydrogens is 532 g/mol. The second-order valence-electron chi connectivity index (χ2n) is 9.88. The molecule has 0 saturated carbocycles. The van der Waals surface area contributed by atoms with E-state index in [4.69, 9.17) is 4.74 Å². The lowest BCUT2D eigenvalue weighted by molar-refractivity contribution is 0.101. The predicted molar refractivity (Wildman–Crippen MR) is 173 cm³/mol. The summed E-state index contributed by atoms with van der Waals surface area (Å²) < 4.78 is 5.97. The molecule has 0 radical (unpaired) electrons. The van der Waals surface area contributed by atoms with Crippen LogP contribution in [-0.2, 0) is 0 Å². The van der Waals surface area contributed by atoms with Gasteiger partial charge in [-0.3, -0.25) is 9.59 Å². The molecular formula is C38H28N2O3. The maximum atomic E-state index is 13.0. The van der Waals surface area contributed by atoms with E-state index in [2.05, 4.69) is 10.6 Å². The van der Waals surface area contributed by atoms with Crippen LogP contribution in [0.3, 0.4) is 0 Å². The predicted octanol–water partition coefficient (Wildman–Crippen LogP) is 9.32. The molecule has 0 aliphatic carbocycles. The van der Waals surface area contributed by atoms with Crippen molar-refractivity contribution in [2.24, 2.45) is 0 Å². The fourth-order valence-electron chi connectivity index (χ4n) is 4.80. The van der Waals surface area contributed by atoms with Crippen LogP contribution in [0.25, 0.3) is 22.3 Å². The van der Waals surface area contributed by atoms with E-state index in [1.165, 1.54) is 0 Å². The SMILES string of the molecule is O=C(Nc1ccccc1-c1ccccc1)c1ccc(Oc2ccc(C(=O)Nc3ccccc3-c3ccccc3)cc2)cc1. The second kappa shape index (κ2) is 12.7. The fourth-order valence-corrected chi connectivity index (χ4v) is 4.80. The zero-order valence-electron chi connectivity index (χ0n) is 23.2. The van der Waals surface area contributed by atoms with Crippen molar-refractivity contribution >= 4 is 23.2 Å². The molecule has 0 atom stereocenters. The number of benzene rings is 6. The number of carbonyl (C=O) groups excluding carboxylic acids is 2. The maximum absolute atomic E-state index is 13.0. The summed E-state index contributed by atoms with van der Waals surface area (Å²) in [7, 11) is 0. The molecule has 6 rings (SSSR count). The Balaban J connectivity index is 1.09. The molecule has 208 valence electrons. The summed E-state index contributed by atoms with van der Waals surface area (Å²) in [6, 6.07) is 49.2. The lowest BCUT2D eigenvalue weighted by atomic mass is 10.0. The van der Waals surface area contributed by atoms with Crippen LogP contribution >= 0.6 is 0 Å². The third kappa shape index (κ3) is 6.53. The van der Waals surface area contributed by atoms with E-state index in [1.54, 1.807) is 48.5 Å². The molecule has 0 aliphatic rings. The Hall–Kier alpha value is -5.94. The van der Waals surface area contributed by atoms with Gasteiger partial charge in [0.05, 0.1) is 0 Å². The Morgan fingerprint density at radius 3 is 1.14 bits per heavy atom. The second-order valence-corrected chi connectivity index (χ2v) is 9.88. The van der Waals surface area contributed by atoms with Crippen molar-refractivity contribution in [1.29, 1.82) is 0 Å². The van der Waals surface area contributed by atoms with Crippen molar-refractivity contribution in [1.82, 2.24) is 0 Å². The molecule has 0 aromatic heterocycles. The van der Waals surface area contributed by atoms with Gasteiger partial charge in [-0.05, 0) is 71.8 Å². The molecule has 6 aromatic carbocycles. The van der Waals surface area contributed by atoms with E-state index < -0.39 is 0 Å². The first-order valence-corrected chi connectivity index (χ1v) is 13.9. The first kappa shape index (κ1) is 27.2. The number of carbonyl (C=O) groups is 2. The van der Waals surface area contributed by atoms with Gasteiger partial charge in [-0.1, -0.05) is 97.1 Å². The highest BCUT2D eigenvalue weighted by Crippen LogP contribution is 2.30. The van der Waals surface area contributed by atoms with Crippen LogP contribution in [0, 0.1) is 0 Å². The van der Waals surface area contributed by atoms with Gasteiger partial charge in [0.1, 0.15) is 11.5 Å². The van der Waals surface area contributed by atoms with Gasteiger partial charge >= 0.3 is 0 Å². The lowest BCUT2D eigenvalue weighted by Gasteiger charge is -2.12. The Morgan fingerprint density at radius 2 is 0.744 bits per heavy atom. The molecule has 0 fully saturated rings. The largest absolute Gasteiger partial charge is 0.457 e. The Morgan fingerprint density at radius 1 is 0.395 bits per heavy atom. The first-order chi connectivity index (χ1) is 21.1. The number of ether oxygens (including phenoxy) is 1. The van der Waals surface area contributed by atoms with Gasteiger partial charge in [-0.2, -0.15) is 0 Å². The van der Waals surface area contributed by atoms with Crippen molar-refractivity contribution in [2.45, 2.75) is 0 Å². The van der Waals surface area contributed by atoms with Crippen molar-refractivity contribution in [3.8, 4) is 33.8 Å². The molecule has 5 nitrogen and oxygen atoms in total. The van der Waals surface area contributed by atoms with E-state index in [1.807, 2.05) is 109 Å². The van der Waals surface area contributed by atoms with Crippen LogP contribution in [-0.4, -0.2) is 11.8 Å². The Labute approximate surface area is 250 Å². The van der Waals surface area contributed by atoms with Crippen molar-refractivity contribution in [3.05, 3.63) is 169 Å². The molecule has 5 heteroatoms. The van der Waals surface area contributed by atoms with E-state index in [0.29, 0.717) is 22.6 Å². The number of hydrogen-bond acceptors (Lipinski definition) is 3. The average molecular weight is 561 g/mol. The molecule has 0 spiro atoms. The molecule has 43 heavy (non-hydrogen) atoms.